The maximum Gasteiger partial charge on any atom is 0.250 e. The number of carbonyl (C=O) groups is 2. The molecule has 0 bridgehead atoms. The Morgan fingerprint density at radius 2 is 2.26 bits per heavy atom. The molecule has 1 heterocycles. The average Bonchev–Trinajstić information content (AvgIpc) is 2.40. The Hall–Kier alpha value is -1.88. The minimum Gasteiger partial charge on any atom is -0.375 e. The molecule has 0 aliphatic carbocycles. The van der Waals surface area contributed by atoms with E-state index in [4.69, 9.17) is 4.74 Å². The van der Waals surface area contributed by atoms with Crippen LogP contribution in [0.15, 0.2) is 24.3 Å². The zero-order valence-corrected chi connectivity index (χ0v) is 11.0. The number of amides is 2. The lowest BCUT2D eigenvalue weighted by molar-refractivity contribution is -0.120. The van der Waals surface area contributed by atoms with E-state index in [1.54, 1.807) is 11.0 Å². The van der Waals surface area contributed by atoms with Crippen LogP contribution < -0.4 is 10.2 Å². The minimum atomic E-state index is -0.204. The van der Waals surface area contributed by atoms with Crippen LogP contribution in [0.1, 0.15) is 19.3 Å². The fourth-order valence-corrected chi connectivity index (χ4v) is 2.16. The van der Waals surface area contributed by atoms with Crippen LogP contribution in [-0.2, 0) is 14.3 Å². The number of carbonyl (C=O) groups excluding carboxylic acids is 2. The lowest BCUT2D eigenvalue weighted by Gasteiger charge is -2.27. The lowest BCUT2D eigenvalue weighted by Crippen LogP contribution is -2.35. The van der Waals surface area contributed by atoms with Crippen LogP contribution >= 0.6 is 0 Å². The van der Waals surface area contributed by atoms with Crippen molar-refractivity contribution in [2.45, 2.75) is 19.3 Å². The van der Waals surface area contributed by atoms with Gasteiger partial charge in [0.05, 0.1) is 0 Å². The van der Waals surface area contributed by atoms with E-state index in [0.717, 1.165) is 25.1 Å². The van der Waals surface area contributed by atoms with Crippen molar-refractivity contribution >= 4 is 23.2 Å². The molecule has 2 amide bonds. The van der Waals surface area contributed by atoms with Crippen LogP contribution in [-0.4, -0.2) is 32.1 Å². The molecule has 19 heavy (non-hydrogen) atoms. The second-order valence-corrected chi connectivity index (χ2v) is 4.53. The van der Waals surface area contributed by atoms with Crippen molar-refractivity contribution in [1.82, 2.24) is 0 Å². The molecule has 102 valence electrons. The Kier molecular flexibility index (Phi) is 4.52. The van der Waals surface area contributed by atoms with Crippen molar-refractivity contribution in [2.24, 2.45) is 0 Å². The molecule has 0 radical (unpaired) electrons. The van der Waals surface area contributed by atoms with Crippen LogP contribution in [0.25, 0.3) is 0 Å². The van der Waals surface area contributed by atoms with Crippen molar-refractivity contribution < 1.29 is 14.3 Å². The van der Waals surface area contributed by atoms with Gasteiger partial charge in [0.1, 0.15) is 6.61 Å². The Bertz CT molecular complexity index is 474. The highest BCUT2D eigenvalue weighted by Gasteiger charge is 2.19. The van der Waals surface area contributed by atoms with Crippen LogP contribution in [0, 0.1) is 0 Å². The highest BCUT2D eigenvalue weighted by atomic mass is 16.5. The van der Waals surface area contributed by atoms with Crippen LogP contribution in [0.3, 0.4) is 0 Å². The summed E-state index contributed by atoms with van der Waals surface area (Å²) in [5.74, 6) is -0.0590. The van der Waals surface area contributed by atoms with E-state index in [1.807, 2.05) is 18.2 Å². The van der Waals surface area contributed by atoms with Gasteiger partial charge in [-0.05, 0) is 31.0 Å². The van der Waals surface area contributed by atoms with Crippen LogP contribution in [0.4, 0.5) is 11.4 Å². The SMILES string of the molecule is COCC(=O)Nc1cccc(N2CCCCC2=O)c1. The molecule has 1 fully saturated rings. The van der Waals surface area contributed by atoms with Gasteiger partial charge in [-0.2, -0.15) is 0 Å². The van der Waals surface area contributed by atoms with Gasteiger partial charge in [0, 0.05) is 31.5 Å². The molecule has 0 unspecified atom stereocenters. The van der Waals surface area contributed by atoms with E-state index < -0.39 is 0 Å². The number of anilines is 2. The normalized spacial score (nSPS) is 15.4. The van der Waals surface area contributed by atoms with Gasteiger partial charge >= 0.3 is 0 Å². The molecule has 1 aromatic rings. The number of piperidine rings is 1. The maximum absolute atomic E-state index is 11.8. The van der Waals surface area contributed by atoms with Crippen LogP contribution in [0.5, 0.6) is 0 Å². The number of hydrogen-bond acceptors (Lipinski definition) is 3. The van der Waals surface area contributed by atoms with Gasteiger partial charge in [-0.15, -0.1) is 0 Å². The zero-order valence-electron chi connectivity index (χ0n) is 11.0. The van der Waals surface area contributed by atoms with E-state index in [2.05, 4.69) is 5.32 Å². The largest absolute Gasteiger partial charge is 0.375 e. The van der Waals surface area contributed by atoms with Gasteiger partial charge in [0.25, 0.3) is 0 Å². The first kappa shape index (κ1) is 13.5. The second kappa shape index (κ2) is 6.33. The average molecular weight is 262 g/mol. The van der Waals surface area contributed by atoms with E-state index >= 15 is 0 Å². The molecular weight excluding hydrogens is 244 g/mol. The molecule has 1 saturated heterocycles. The molecule has 1 aliphatic heterocycles. The standard InChI is InChI=1S/C14H18N2O3/c1-19-10-13(17)15-11-5-4-6-12(9-11)16-8-3-2-7-14(16)18/h4-6,9H,2-3,7-8,10H2,1H3,(H,15,17). The van der Waals surface area contributed by atoms with Gasteiger partial charge in [-0.3, -0.25) is 9.59 Å². The third-order valence-corrected chi connectivity index (χ3v) is 3.04. The first-order chi connectivity index (χ1) is 9.20. The number of hydrogen-bond donors (Lipinski definition) is 1. The maximum atomic E-state index is 11.8. The van der Waals surface area contributed by atoms with Crippen molar-refractivity contribution in [2.75, 3.05) is 30.5 Å². The Balaban J connectivity index is 2.10. The van der Waals surface area contributed by atoms with Crippen molar-refractivity contribution in [3.05, 3.63) is 24.3 Å². The molecule has 1 N–H and O–H groups in total. The third kappa shape index (κ3) is 3.54. The summed E-state index contributed by atoms with van der Waals surface area (Å²) in [7, 11) is 1.47. The highest BCUT2D eigenvalue weighted by Crippen LogP contribution is 2.23. The smallest absolute Gasteiger partial charge is 0.250 e. The Morgan fingerprint density at radius 3 is 3.00 bits per heavy atom. The summed E-state index contributed by atoms with van der Waals surface area (Å²) in [6, 6.07) is 7.33. The van der Waals surface area contributed by atoms with Gasteiger partial charge in [0.15, 0.2) is 0 Å². The van der Waals surface area contributed by atoms with Gasteiger partial charge < -0.3 is 15.0 Å². The van der Waals surface area contributed by atoms with Gasteiger partial charge in [0.2, 0.25) is 11.8 Å². The summed E-state index contributed by atoms with van der Waals surface area (Å²) in [5, 5.41) is 2.74. The topological polar surface area (TPSA) is 58.6 Å². The first-order valence-electron chi connectivity index (χ1n) is 6.40. The second-order valence-electron chi connectivity index (χ2n) is 4.53. The number of ether oxygens (including phenoxy) is 1. The van der Waals surface area contributed by atoms with E-state index in [0.29, 0.717) is 12.1 Å². The van der Waals surface area contributed by atoms with Crippen LogP contribution in [0.2, 0.25) is 0 Å². The summed E-state index contributed by atoms with van der Waals surface area (Å²) < 4.78 is 4.76. The summed E-state index contributed by atoms with van der Waals surface area (Å²) in [6.07, 6.45) is 2.58. The molecular formula is C14H18N2O3. The first-order valence-corrected chi connectivity index (χ1v) is 6.40. The zero-order chi connectivity index (χ0) is 13.7. The third-order valence-electron chi connectivity index (χ3n) is 3.04. The lowest BCUT2D eigenvalue weighted by atomic mass is 10.1. The summed E-state index contributed by atoms with van der Waals surface area (Å²) in [4.78, 5) is 25.1. The molecule has 0 atom stereocenters. The Morgan fingerprint density at radius 1 is 1.42 bits per heavy atom. The van der Waals surface area contributed by atoms with E-state index in [1.165, 1.54) is 7.11 Å². The van der Waals surface area contributed by atoms with E-state index in [9.17, 15) is 9.59 Å². The number of rotatable bonds is 4. The quantitative estimate of drug-likeness (QED) is 0.900. The molecule has 1 aliphatic rings. The number of nitrogens with zero attached hydrogens (tertiary/aromatic N) is 1. The van der Waals surface area contributed by atoms with Crippen molar-refractivity contribution in [3.8, 4) is 0 Å². The summed E-state index contributed by atoms with van der Waals surface area (Å²) in [6.45, 7) is 0.765. The molecule has 5 heteroatoms. The number of benzene rings is 1. The Labute approximate surface area is 112 Å². The molecule has 2 rings (SSSR count). The monoisotopic (exact) mass is 262 g/mol. The highest BCUT2D eigenvalue weighted by molar-refractivity contribution is 5.96. The molecule has 0 aromatic heterocycles. The molecule has 0 spiro atoms. The predicted octanol–water partition coefficient (Wildman–Crippen LogP) is 1.79. The number of nitrogens with one attached hydrogen (secondary N) is 1. The fourth-order valence-electron chi connectivity index (χ4n) is 2.16. The number of methoxy groups -OCH3 is 1. The van der Waals surface area contributed by atoms with E-state index in [-0.39, 0.29) is 18.4 Å². The van der Waals surface area contributed by atoms with Crippen molar-refractivity contribution in [3.63, 3.8) is 0 Å². The molecule has 0 saturated carbocycles. The predicted molar refractivity (Wildman–Crippen MR) is 73.2 cm³/mol. The molecule has 1 aromatic carbocycles. The summed E-state index contributed by atoms with van der Waals surface area (Å²) in [5.41, 5.74) is 1.51. The minimum absolute atomic E-state index is 0.0207. The summed E-state index contributed by atoms with van der Waals surface area (Å²) >= 11 is 0. The molecule has 5 nitrogen and oxygen atoms in total. The van der Waals surface area contributed by atoms with Gasteiger partial charge in [-0.1, -0.05) is 6.07 Å². The van der Waals surface area contributed by atoms with Crippen molar-refractivity contribution in [1.29, 1.82) is 0 Å². The fraction of sp³-hybridized carbons (Fsp3) is 0.429. The van der Waals surface area contributed by atoms with Gasteiger partial charge in [-0.25, -0.2) is 0 Å².